The largest absolute Gasteiger partial charge is 0.379 e. The zero-order valence-electron chi connectivity index (χ0n) is 24.8. The normalized spacial score (nSPS) is 10.6. The summed E-state index contributed by atoms with van der Waals surface area (Å²) in [4.78, 5) is 0. The SMILES string of the molecule is c1ccc(CNc2ccc(-c3ccc(NCc4ccccc4)c(NCc4ccccc4)c3)cc2NCc2ccccc2)cc1. The highest BCUT2D eigenvalue weighted by molar-refractivity contribution is 5.82. The molecule has 0 unspecified atom stereocenters. The van der Waals surface area contributed by atoms with E-state index in [9.17, 15) is 0 Å². The maximum Gasteiger partial charge on any atom is 0.0584 e. The van der Waals surface area contributed by atoms with Gasteiger partial charge in [0.25, 0.3) is 0 Å². The van der Waals surface area contributed by atoms with E-state index in [4.69, 9.17) is 0 Å². The molecule has 0 aromatic heterocycles. The maximum absolute atomic E-state index is 3.70. The Hall–Kier alpha value is -5.48. The minimum absolute atomic E-state index is 0.747. The van der Waals surface area contributed by atoms with Crippen molar-refractivity contribution in [2.24, 2.45) is 0 Å². The third-order valence-corrected chi connectivity index (χ3v) is 7.68. The van der Waals surface area contributed by atoms with Gasteiger partial charge in [0.15, 0.2) is 0 Å². The first-order chi connectivity index (χ1) is 21.8. The third-order valence-electron chi connectivity index (χ3n) is 7.68. The monoisotopic (exact) mass is 574 g/mol. The molecule has 0 bridgehead atoms. The molecule has 0 saturated heterocycles. The fourth-order valence-electron chi connectivity index (χ4n) is 5.22. The molecule has 4 nitrogen and oxygen atoms in total. The van der Waals surface area contributed by atoms with Crippen LogP contribution in [0.25, 0.3) is 11.1 Å². The Morgan fingerprint density at radius 3 is 0.841 bits per heavy atom. The number of benzene rings is 6. The molecular weight excluding hydrogens is 536 g/mol. The van der Waals surface area contributed by atoms with Gasteiger partial charge in [-0.15, -0.1) is 0 Å². The second-order valence-corrected chi connectivity index (χ2v) is 10.9. The Balaban J connectivity index is 1.28. The highest BCUT2D eigenvalue weighted by atomic mass is 15.0. The fourth-order valence-corrected chi connectivity index (χ4v) is 5.22. The molecule has 6 aromatic rings. The lowest BCUT2D eigenvalue weighted by atomic mass is 10.0. The van der Waals surface area contributed by atoms with Crippen LogP contribution in [0.5, 0.6) is 0 Å². The molecule has 6 aromatic carbocycles. The van der Waals surface area contributed by atoms with Crippen LogP contribution in [-0.4, -0.2) is 0 Å². The molecule has 0 aliphatic carbocycles. The molecule has 0 aliphatic heterocycles. The van der Waals surface area contributed by atoms with E-state index in [1.165, 1.54) is 22.3 Å². The van der Waals surface area contributed by atoms with Crippen LogP contribution in [0.3, 0.4) is 0 Å². The molecule has 0 heterocycles. The van der Waals surface area contributed by atoms with Crippen LogP contribution in [0.1, 0.15) is 22.3 Å². The molecule has 44 heavy (non-hydrogen) atoms. The van der Waals surface area contributed by atoms with Gasteiger partial charge in [-0.25, -0.2) is 0 Å². The summed E-state index contributed by atoms with van der Waals surface area (Å²) in [5, 5.41) is 14.7. The smallest absolute Gasteiger partial charge is 0.0584 e. The van der Waals surface area contributed by atoms with Crippen molar-refractivity contribution in [3.8, 4) is 11.1 Å². The Morgan fingerprint density at radius 2 is 0.545 bits per heavy atom. The first-order valence-corrected chi connectivity index (χ1v) is 15.2. The maximum atomic E-state index is 3.70. The van der Waals surface area contributed by atoms with E-state index in [1.54, 1.807) is 0 Å². The van der Waals surface area contributed by atoms with Gasteiger partial charge in [-0.2, -0.15) is 0 Å². The van der Waals surface area contributed by atoms with E-state index in [2.05, 4.69) is 179 Å². The Bertz CT molecular complexity index is 1600. The van der Waals surface area contributed by atoms with Crippen molar-refractivity contribution >= 4 is 22.7 Å². The second-order valence-electron chi connectivity index (χ2n) is 10.9. The summed E-state index contributed by atoms with van der Waals surface area (Å²) in [7, 11) is 0. The summed E-state index contributed by atoms with van der Waals surface area (Å²) < 4.78 is 0. The summed E-state index contributed by atoms with van der Waals surface area (Å²) in [5.41, 5.74) is 11.6. The topological polar surface area (TPSA) is 48.1 Å². The van der Waals surface area contributed by atoms with Crippen LogP contribution < -0.4 is 21.3 Å². The van der Waals surface area contributed by atoms with Gasteiger partial charge in [0.1, 0.15) is 0 Å². The summed E-state index contributed by atoms with van der Waals surface area (Å²) >= 11 is 0. The zero-order chi connectivity index (χ0) is 29.8. The van der Waals surface area contributed by atoms with Crippen molar-refractivity contribution in [1.82, 2.24) is 0 Å². The van der Waals surface area contributed by atoms with Gasteiger partial charge in [-0.3, -0.25) is 0 Å². The van der Waals surface area contributed by atoms with E-state index < -0.39 is 0 Å². The molecule has 0 saturated carbocycles. The molecule has 4 heteroatoms. The second kappa shape index (κ2) is 14.6. The summed E-state index contributed by atoms with van der Waals surface area (Å²) in [6.45, 7) is 3.01. The highest BCUT2D eigenvalue weighted by Gasteiger charge is 2.10. The van der Waals surface area contributed by atoms with Crippen molar-refractivity contribution in [3.05, 3.63) is 180 Å². The lowest BCUT2D eigenvalue weighted by Crippen LogP contribution is -2.06. The van der Waals surface area contributed by atoms with Gasteiger partial charge < -0.3 is 21.3 Å². The average Bonchev–Trinajstić information content (AvgIpc) is 3.10. The van der Waals surface area contributed by atoms with Crippen LogP contribution in [0.2, 0.25) is 0 Å². The zero-order valence-corrected chi connectivity index (χ0v) is 24.8. The van der Waals surface area contributed by atoms with Gasteiger partial charge in [-0.1, -0.05) is 133 Å². The summed E-state index contributed by atoms with van der Waals surface area (Å²) in [6.07, 6.45) is 0. The Morgan fingerprint density at radius 1 is 0.273 bits per heavy atom. The summed E-state index contributed by atoms with van der Waals surface area (Å²) in [6, 6.07) is 55.4. The van der Waals surface area contributed by atoms with Crippen molar-refractivity contribution in [1.29, 1.82) is 0 Å². The molecule has 0 aliphatic rings. The van der Waals surface area contributed by atoms with Crippen molar-refractivity contribution in [2.45, 2.75) is 26.2 Å². The average molecular weight is 575 g/mol. The quantitative estimate of drug-likeness (QED) is 0.111. The van der Waals surface area contributed by atoms with Crippen molar-refractivity contribution < 1.29 is 0 Å². The van der Waals surface area contributed by atoms with Crippen LogP contribution in [0.4, 0.5) is 22.7 Å². The molecule has 6 rings (SSSR count). The number of nitrogens with one attached hydrogen (secondary N) is 4. The third kappa shape index (κ3) is 7.87. The number of hydrogen-bond donors (Lipinski definition) is 4. The van der Waals surface area contributed by atoms with Gasteiger partial charge in [0.05, 0.1) is 22.7 Å². The Kier molecular flexibility index (Phi) is 9.51. The van der Waals surface area contributed by atoms with Crippen molar-refractivity contribution in [3.63, 3.8) is 0 Å². The van der Waals surface area contributed by atoms with Gasteiger partial charge in [0.2, 0.25) is 0 Å². The van der Waals surface area contributed by atoms with E-state index in [1.807, 2.05) is 0 Å². The van der Waals surface area contributed by atoms with E-state index in [-0.39, 0.29) is 0 Å². The first-order valence-electron chi connectivity index (χ1n) is 15.2. The number of rotatable bonds is 13. The lowest BCUT2D eigenvalue weighted by molar-refractivity contribution is 1.12. The van der Waals surface area contributed by atoms with Crippen LogP contribution >= 0.6 is 0 Å². The predicted octanol–water partition coefficient (Wildman–Crippen LogP) is 9.80. The number of anilines is 4. The minimum Gasteiger partial charge on any atom is -0.379 e. The molecular formula is C40H38N4. The van der Waals surface area contributed by atoms with Crippen LogP contribution in [0, 0.1) is 0 Å². The first kappa shape index (κ1) is 28.6. The van der Waals surface area contributed by atoms with Gasteiger partial charge in [0, 0.05) is 26.2 Å². The molecule has 218 valence electrons. The van der Waals surface area contributed by atoms with Gasteiger partial charge >= 0.3 is 0 Å². The summed E-state index contributed by atoms with van der Waals surface area (Å²) in [5.74, 6) is 0. The van der Waals surface area contributed by atoms with Crippen molar-refractivity contribution in [2.75, 3.05) is 21.3 Å². The fraction of sp³-hybridized carbons (Fsp3) is 0.100. The van der Waals surface area contributed by atoms with Crippen LogP contribution in [0.15, 0.2) is 158 Å². The van der Waals surface area contributed by atoms with Gasteiger partial charge in [-0.05, 0) is 57.6 Å². The standard InChI is InChI=1S/C40H38N4/c1-5-13-31(14-6-1)27-41-37-23-21-35(25-39(37)43-29-33-17-9-3-10-18-33)36-22-24-38(42-28-32-15-7-2-8-16-32)40(26-36)44-30-34-19-11-4-12-20-34/h1-26,41-44H,27-30H2. The highest BCUT2D eigenvalue weighted by Crippen LogP contribution is 2.34. The predicted molar refractivity (Wildman–Crippen MR) is 187 cm³/mol. The molecule has 0 amide bonds. The van der Waals surface area contributed by atoms with Crippen LogP contribution in [-0.2, 0) is 26.2 Å². The Labute approximate surface area is 260 Å². The molecule has 0 fully saturated rings. The van der Waals surface area contributed by atoms with E-state index in [0.29, 0.717) is 0 Å². The molecule has 0 radical (unpaired) electrons. The van der Waals surface area contributed by atoms with E-state index in [0.717, 1.165) is 60.1 Å². The number of hydrogen-bond acceptors (Lipinski definition) is 4. The molecule has 4 N–H and O–H groups in total. The minimum atomic E-state index is 0.747. The molecule has 0 spiro atoms. The van der Waals surface area contributed by atoms with E-state index >= 15 is 0 Å². The lowest BCUT2D eigenvalue weighted by Gasteiger charge is -2.18. The molecule has 0 atom stereocenters.